The Kier molecular flexibility index (Phi) is 5.62. The second-order valence-corrected chi connectivity index (χ2v) is 10.2. The van der Waals surface area contributed by atoms with Gasteiger partial charge < -0.3 is 14.4 Å². The van der Waals surface area contributed by atoms with Crippen LogP contribution in [0.5, 0.6) is 0 Å². The number of likely N-dealkylation sites (tertiary alicyclic amines) is 1. The number of aryl methyl sites for hydroxylation is 1. The highest BCUT2D eigenvalue weighted by atomic mass is 32.1. The molecule has 4 heterocycles. The lowest BCUT2D eigenvalue weighted by Gasteiger charge is -2.48. The summed E-state index contributed by atoms with van der Waals surface area (Å²) in [6.45, 7) is 6.65. The maximum atomic E-state index is 13.2. The number of carbonyl (C=O) groups is 2. The van der Waals surface area contributed by atoms with Crippen LogP contribution in [0, 0.1) is 6.92 Å². The number of aromatic nitrogens is 2. The van der Waals surface area contributed by atoms with Crippen molar-refractivity contribution in [1.82, 2.24) is 24.3 Å². The monoisotopic (exact) mass is 485 g/mol. The zero-order valence-electron chi connectivity index (χ0n) is 19.6. The molecule has 0 unspecified atom stereocenters. The number of amides is 2. The summed E-state index contributed by atoms with van der Waals surface area (Å²) < 4.78 is 2.18. The molecule has 0 radical (unpaired) electrons. The van der Waals surface area contributed by atoms with Crippen molar-refractivity contribution in [3.63, 3.8) is 0 Å². The van der Waals surface area contributed by atoms with Crippen molar-refractivity contribution < 1.29 is 9.59 Å². The molecule has 2 fully saturated rings. The standard InChI is InChI=1S/C27H27N5O2S/c1-19-16-32(21-5-3-2-4-6-21)24-8-7-20(15-23(19)24)26(33)31-17-22(18-31)29-10-12-30(13-11-29)27(34)25-28-9-14-35-25/h2-9,14-16,22H,10-13,17-18H2,1H3. The molecule has 2 saturated heterocycles. The minimum Gasteiger partial charge on any atom is -0.335 e. The molecule has 7 nitrogen and oxygen atoms in total. The molecular formula is C27H27N5O2S. The van der Waals surface area contributed by atoms with Crippen molar-refractivity contribution in [1.29, 1.82) is 0 Å². The molecule has 2 aromatic carbocycles. The predicted octanol–water partition coefficient (Wildman–Crippen LogP) is 3.68. The average Bonchev–Trinajstić information content (AvgIpc) is 3.52. The van der Waals surface area contributed by atoms with Crippen molar-refractivity contribution in [3.05, 3.63) is 82.4 Å². The van der Waals surface area contributed by atoms with Gasteiger partial charge in [0.2, 0.25) is 0 Å². The van der Waals surface area contributed by atoms with Gasteiger partial charge in [-0.3, -0.25) is 14.5 Å². The van der Waals surface area contributed by atoms with E-state index in [1.54, 1.807) is 6.20 Å². The van der Waals surface area contributed by atoms with E-state index in [0.29, 0.717) is 24.1 Å². The van der Waals surface area contributed by atoms with Gasteiger partial charge >= 0.3 is 0 Å². The molecule has 178 valence electrons. The molecule has 0 bridgehead atoms. The Hall–Kier alpha value is -3.49. The molecule has 35 heavy (non-hydrogen) atoms. The number of nitrogens with zero attached hydrogens (tertiary/aromatic N) is 5. The summed E-state index contributed by atoms with van der Waals surface area (Å²) in [6.07, 6.45) is 3.80. The molecule has 0 spiro atoms. The zero-order valence-corrected chi connectivity index (χ0v) is 20.4. The Morgan fingerprint density at radius 3 is 2.43 bits per heavy atom. The number of fused-ring (bicyclic) bond motifs is 1. The van der Waals surface area contributed by atoms with Crippen molar-refractivity contribution in [3.8, 4) is 5.69 Å². The van der Waals surface area contributed by atoms with E-state index < -0.39 is 0 Å². The van der Waals surface area contributed by atoms with Crippen LogP contribution in [0.1, 0.15) is 25.7 Å². The number of hydrogen-bond donors (Lipinski definition) is 0. The molecule has 2 aliphatic heterocycles. The van der Waals surface area contributed by atoms with Gasteiger partial charge in [-0.2, -0.15) is 0 Å². The van der Waals surface area contributed by atoms with Crippen LogP contribution in [0.15, 0.2) is 66.3 Å². The number of piperazine rings is 1. The Balaban J connectivity index is 1.08. The highest BCUT2D eigenvalue weighted by Crippen LogP contribution is 2.27. The molecule has 0 aliphatic carbocycles. The Morgan fingerprint density at radius 2 is 1.71 bits per heavy atom. The first-order chi connectivity index (χ1) is 17.1. The molecular weight excluding hydrogens is 458 g/mol. The number of thiazole rings is 1. The summed E-state index contributed by atoms with van der Waals surface area (Å²) in [7, 11) is 0. The number of carbonyl (C=O) groups excluding carboxylic acids is 2. The van der Waals surface area contributed by atoms with Crippen LogP contribution in [0.2, 0.25) is 0 Å². The minimum absolute atomic E-state index is 0.0249. The maximum absolute atomic E-state index is 13.2. The van der Waals surface area contributed by atoms with Crippen LogP contribution in [0.4, 0.5) is 0 Å². The molecule has 0 N–H and O–H groups in total. The number of rotatable bonds is 4. The van der Waals surface area contributed by atoms with E-state index in [-0.39, 0.29) is 11.8 Å². The van der Waals surface area contributed by atoms with Gasteiger partial charge in [0.25, 0.3) is 11.8 Å². The third-order valence-corrected chi connectivity index (χ3v) is 7.93. The van der Waals surface area contributed by atoms with Crippen molar-refractivity contribution >= 4 is 34.1 Å². The topological polar surface area (TPSA) is 61.7 Å². The molecule has 0 saturated carbocycles. The minimum atomic E-state index is 0.0249. The number of benzene rings is 2. The second kappa shape index (κ2) is 8.94. The molecule has 2 aliphatic rings. The Bertz CT molecular complexity index is 1370. The van der Waals surface area contributed by atoms with Gasteiger partial charge in [-0.05, 0) is 42.8 Å². The van der Waals surface area contributed by atoms with Crippen LogP contribution >= 0.6 is 11.3 Å². The third kappa shape index (κ3) is 4.02. The van der Waals surface area contributed by atoms with Crippen LogP contribution in [0.3, 0.4) is 0 Å². The van der Waals surface area contributed by atoms with Crippen LogP contribution in [0.25, 0.3) is 16.6 Å². The summed E-state index contributed by atoms with van der Waals surface area (Å²) in [5, 5.41) is 3.50. The largest absolute Gasteiger partial charge is 0.335 e. The summed E-state index contributed by atoms with van der Waals surface area (Å²) in [6, 6.07) is 16.7. The third-order valence-electron chi connectivity index (χ3n) is 7.17. The van der Waals surface area contributed by atoms with E-state index in [9.17, 15) is 9.59 Å². The van der Waals surface area contributed by atoms with Gasteiger partial charge in [-0.25, -0.2) is 4.98 Å². The van der Waals surface area contributed by atoms with Gasteiger partial charge in [-0.15, -0.1) is 11.3 Å². The summed E-state index contributed by atoms with van der Waals surface area (Å²) >= 11 is 1.39. The van der Waals surface area contributed by atoms with Crippen LogP contribution in [-0.4, -0.2) is 81.4 Å². The molecule has 2 amide bonds. The second-order valence-electron chi connectivity index (χ2n) is 9.28. The van der Waals surface area contributed by atoms with Crippen molar-refractivity contribution in [2.45, 2.75) is 13.0 Å². The quantitative estimate of drug-likeness (QED) is 0.443. The number of hydrogen-bond acceptors (Lipinski definition) is 5. The fraction of sp³-hybridized carbons (Fsp3) is 0.296. The van der Waals surface area contributed by atoms with Gasteiger partial charge in [0.1, 0.15) is 0 Å². The van der Waals surface area contributed by atoms with E-state index in [0.717, 1.165) is 53.9 Å². The molecule has 0 atom stereocenters. The number of para-hydroxylation sites is 1. The van der Waals surface area contributed by atoms with Gasteiger partial charge in [0.15, 0.2) is 5.01 Å². The molecule has 6 rings (SSSR count). The molecule has 8 heteroatoms. The summed E-state index contributed by atoms with van der Waals surface area (Å²) in [5.74, 6) is 0.115. The zero-order chi connectivity index (χ0) is 23.9. The fourth-order valence-electron chi connectivity index (χ4n) is 5.12. The van der Waals surface area contributed by atoms with Crippen molar-refractivity contribution in [2.75, 3.05) is 39.3 Å². The summed E-state index contributed by atoms with van der Waals surface area (Å²) in [4.78, 5) is 36.1. The highest BCUT2D eigenvalue weighted by Gasteiger charge is 2.37. The van der Waals surface area contributed by atoms with E-state index in [1.165, 1.54) is 11.3 Å². The summed E-state index contributed by atoms with van der Waals surface area (Å²) in [5.41, 5.74) is 4.12. The van der Waals surface area contributed by atoms with Gasteiger partial charge in [-0.1, -0.05) is 18.2 Å². The van der Waals surface area contributed by atoms with Gasteiger partial charge in [0, 0.05) is 79.7 Å². The van der Waals surface area contributed by atoms with E-state index in [1.807, 2.05) is 45.5 Å². The lowest BCUT2D eigenvalue weighted by molar-refractivity contribution is 0.00854. The maximum Gasteiger partial charge on any atom is 0.282 e. The van der Waals surface area contributed by atoms with E-state index >= 15 is 0 Å². The van der Waals surface area contributed by atoms with Crippen LogP contribution in [-0.2, 0) is 0 Å². The fourth-order valence-corrected chi connectivity index (χ4v) is 5.72. The molecule has 4 aromatic rings. The lowest BCUT2D eigenvalue weighted by Crippen LogP contribution is -2.64. The highest BCUT2D eigenvalue weighted by molar-refractivity contribution is 7.11. The normalized spacial score (nSPS) is 17.1. The smallest absolute Gasteiger partial charge is 0.282 e. The first kappa shape index (κ1) is 22.0. The van der Waals surface area contributed by atoms with E-state index in [4.69, 9.17) is 0 Å². The predicted molar refractivity (Wildman–Crippen MR) is 137 cm³/mol. The van der Waals surface area contributed by atoms with Gasteiger partial charge in [0.05, 0.1) is 5.52 Å². The first-order valence-electron chi connectivity index (χ1n) is 12.0. The first-order valence-corrected chi connectivity index (χ1v) is 12.9. The SMILES string of the molecule is Cc1cn(-c2ccccc2)c2ccc(C(=O)N3CC(N4CCN(C(=O)c5nccs5)CC4)C3)cc12. The molecule has 2 aromatic heterocycles. The van der Waals surface area contributed by atoms with Crippen LogP contribution < -0.4 is 0 Å². The van der Waals surface area contributed by atoms with E-state index in [2.05, 4.69) is 45.8 Å². The Morgan fingerprint density at radius 1 is 0.943 bits per heavy atom. The Labute approximate surface area is 208 Å². The average molecular weight is 486 g/mol. The van der Waals surface area contributed by atoms with Crippen molar-refractivity contribution in [2.24, 2.45) is 0 Å². The lowest BCUT2D eigenvalue weighted by atomic mass is 10.0.